The maximum absolute atomic E-state index is 12.2. The number of pyridine rings is 1. The molecule has 7 nitrogen and oxygen atoms in total. The molecule has 28 heavy (non-hydrogen) atoms. The summed E-state index contributed by atoms with van der Waals surface area (Å²) in [4.78, 5) is 16.2. The van der Waals surface area contributed by atoms with Crippen molar-refractivity contribution in [2.24, 2.45) is 0 Å². The number of thioether (sulfide) groups is 1. The zero-order valence-corrected chi connectivity index (χ0v) is 16.2. The molecule has 1 amide bonds. The Labute approximate surface area is 170 Å². The van der Waals surface area contributed by atoms with Crippen LogP contribution in [0.5, 0.6) is 0 Å². The molecule has 0 unspecified atom stereocenters. The number of rotatable bonds is 6. The van der Waals surface area contributed by atoms with Crippen LogP contribution in [0.2, 0.25) is 5.02 Å². The predicted molar refractivity (Wildman–Crippen MR) is 108 cm³/mol. The Morgan fingerprint density at radius 3 is 2.71 bits per heavy atom. The largest absolute Gasteiger partial charge is 0.351 e. The van der Waals surface area contributed by atoms with Crippen molar-refractivity contribution in [3.63, 3.8) is 0 Å². The summed E-state index contributed by atoms with van der Waals surface area (Å²) >= 11 is 7.45. The van der Waals surface area contributed by atoms with E-state index in [2.05, 4.69) is 25.6 Å². The van der Waals surface area contributed by atoms with Gasteiger partial charge in [0.25, 0.3) is 0 Å². The minimum atomic E-state index is -0.0927. The fourth-order valence-electron chi connectivity index (χ4n) is 2.56. The van der Waals surface area contributed by atoms with Gasteiger partial charge in [0.05, 0.1) is 5.75 Å². The van der Waals surface area contributed by atoms with E-state index < -0.39 is 0 Å². The lowest BCUT2D eigenvalue weighted by Gasteiger charge is -2.07. The lowest BCUT2D eigenvalue weighted by Crippen LogP contribution is -2.24. The molecule has 0 aliphatic rings. The summed E-state index contributed by atoms with van der Waals surface area (Å²) in [5.74, 6) is 0.781. The van der Waals surface area contributed by atoms with E-state index in [4.69, 9.17) is 11.6 Å². The average molecular weight is 411 g/mol. The third kappa shape index (κ3) is 4.13. The number of hydrogen-bond donors (Lipinski definition) is 1. The predicted octanol–water partition coefficient (Wildman–Crippen LogP) is 3.25. The van der Waals surface area contributed by atoms with Crippen molar-refractivity contribution < 1.29 is 4.79 Å². The molecule has 0 spiro atoms. The van der Waals surface area contributed by atoms with Gasteiger partial charge in [0.15, 0.2) is 11.5 Å². The topological polar surface area (TPSA) is 85.1 Å². The highest BCUT2D eigenvalue weighted by Gasteiger charge is 2.11. The Balaban J connectivity index is 1.42. The fourth-order valence-corrected chi connectivity index (χ4v) is 3.44. The SMILES string of the molecule is O=C(CSc1ccc2nnc(-c3ccncc3)n2n1)NCc1ccccc1Cl. The van der Waals surface area contributed by atoms with Gasteiger partial charge in [0.1, 0.15) is 5.03 Å². The van der Waals surface area contributed by atoms with E-state index in [1.54, 1.807) is 23.0 Å². The van der Waals surface area contributed by atoms with Crippen molar-refractivity contribution in [3.05, 3.63) is 71.5 Å². The Bertz CT molecular complexity index is 1120. The maximum atomic E-state index is 12.2. The van der Waals surface area contributed by atoms with Crippen LogP contribution >= 0.6 is 23.4 Å². The highest BCUT2D eigenvalue weighted by atomic mass is 35.5. The van der Waals surface area contributed by atoms with Crippen LogP contribution in [-0.4, -0.2) is 36.5 Å². The Kier molecular flexibility index (Phi) is 5.50. The molecule has 3 aromatic heterocycles. The molecular weight excluding hydrogens is 396 g/mol. The highest BCUT2D eigenvalue weighted by molar-refractivity contribution is 7.99. The number of nitrogens with zero attached hydrogens (tertiary/aromatic N) is 5. The molecule has 0 saturated heterocycles. The first-order chi connectivity index (χ1) is 13.7. The summed E-state index contributed by atoms with van der Waals surface area (Å²) in [5.41, 5.74) is 2.39. The normalized spacial score (nSPS) is 10.9. The van der Waals surface area contributed by atoms with Crippen LogP contribution in [0.3, 0.4) is 0 Å². The van der Waals surface area contributed by atoms with Gasteiger partial charge in [-0.3, -0.25) is 9.78 Å². The first-order valence-corrected chi connectivity index (χ1v) is 9.83. The standard InChI is InChI=1S/C19H15ClN6OS/c20-15-4-2-1-3-14(15)11-22-17(27)12-28-18-6-5-16-23-24-19(26(16)25-18)13-7-9-21-10-8-13/h1-10H,11-12H2,(H,22,27). The summed E-state index contributed by atoms with van der Waals surface area (Å²) in [6, 6.07) is 14.8. The lowest BCUT2D eigenvalue weighted by atomic mass is 10.2. The third-order valence-electron chi connectivity index (χ3n) is 3.96. The molecule has 0 aliphatic heterocycles. The van der Waals surface area contributed by atoms with Crippen molar-refractivity contribution in [1.82, 2.24) is 30.1 Å². The van der Waals surface area contributed by atoms with Crippen molar-refractivity contribution >= 4 is 34.9 Å². The zero-order chi connectivity index (χ0) is 19.3. The third-order valence-corrected chi connectivity index (χ3v) is 5.25. The van der Waals surface area contributed by atoms with E-state index in [-0.39, 0.29) is 11.7 Å². The number of halogens is 1. The van der Waals surface area contributed by atoms with Crippen LogP contribution in [0, 0.1) is 0 Å². The second-order valence-corrected chi connectivity index (χ2v) is 7.26. The lowest BCUT2D eigenvalue weighted by molar-refractivity contribution is -0.118. The molecular formula is C19H15ClN6OS. The van der Waals surface area contributed by atoms with Gasteiger partial charge in [-0.25, -0.2) is 0 Å². The number of aromatic nitrogens is 5. The van der Waals surface area contributed by atoms with E-state index in [9.17, 15) is 4.79 Å². The van der Waals surface area contributed by atoms with Crippen LogP contribution < -0.4 is 5.32 Å². The summed E-state index contributed by atoms with van der Waals surface area (Å²) in [6.45, 7) is 0.392. The molecule has 4 aromatic rings. The Morgan fingerprint density at radius 1 is 1.07 bits per heavy atom. The number of amides is 1. The fraction of sp³-hybridized carbons (Fsp3) is 0.105. The quantitative estimate of drug-likeness (QED) is 0.491. The minimum absolute atomic E-state index is 0.0927. The second-order valence-electron chi connectivity index (χ2n) is 5.86. The Hall–Kier alpha value is -2.97. The summed E-state index contributed by atoms with van der Waals surface area (Å²) in [7, 11) is 0. The maximum Gasteiger partial charge on any atom is 0.230 e. The number of nitrogens with one attached hydrogen (secondary N) is 1. The minimum Gasteiger partial charge on any atom is -0.351 e. The van der Waals surface area contributed by atoms with Gasteiger partial charge < -0.3 is 5.32 Å². The van der Waals surface area contributed by atoms with Crippen molar-refractivity contribution in [2.45, 2.75) is 11.6 Å². The van der Waals surface area contributed by atoms with Gasteiger partial charge in [0.2, 0.25) is 5.91 Å². The molecule has 0 radical (unpaired) electrons. The smallest absolute Gasteiger partial charge is 0.230 e. The van der Waals surface area contributed by atoms with Crippen LogP contribution in [0.25, 0.3) is 17.0 Å². The van der Waals surface area contributed by atoms with E-state index >= 15 is 0 Å². The molecule has 1 aromatic carbocycles. The Morgan fingerprint density at radius 2 is 1.89 bits per heavy atom. The van der Waals surface area contributed by atoms with E-state index in [1.807, 2.05) is 42.5 Å². The van der Waals surface area contributed by atoms with Crippen LogP contribution in [0.4, 0.5) is 0 Å². The second kappa shape index (κ2) is 8.37. The summed E-state index contributed by atoms with van der Waals surface area (Å²) in [6.07, 6.45) is 3.39. The summed E-state index contributed by atoms with van der Waals surface area (Å²) < 4.78 is 1.67. The average Bonchev–Trinajstić information content (AvgIpc) is 3.15. The summed E-state index contributed by atoms with van der Waals surface area (Å²) in [5, 5.41) is 17.1. The molecule has 0 atom stereocenters. The number of hydrogen-bond acceptors (Lipinski definition) is 6. The number of carbonyl (C=O) groups excluding carboxylic acids is 1. The van der Waals surface area contributed by atoms with Gasteiger partial charge in [-0.15, -0.1) is 10.2 Å². The van der Waals surface area contributed by atoms with Crippen molar-refractivity contribution in [3.8, 4) is 11.4 Å². The molecule has 0 bridgehead atoms. The zero-order valence-electron chi connectivity index (χ0n) is 14.6. The van der Waals surface area contributed by atoms with Gasteiger partial charge in [0, 0.05) is 29.5 Å². The van der Waals surface area contributed by atoms with Crippen molar-refractivity contribution in [2.75, 3.05) is 5.75 Å². The first kappa shape index (κ1) is 18.4. The van der Waals surface area contributed by atoms with Gasteiger partial charge in [-0.1, -0.05) is 41.6 Å². The van der Waals surface area contributed by atoms with Crippen molar-refractivity contribution in [1.29, 1.82) is 0 Å². The first-order valence-electron chi connectivity index (χ1n) is 8.46. The molecule has 0 aliphatic carbocycles. The van der Waals surface area contributed by atoms with E-state index in [0.717, 1.165) is 11.1 Å². The highest BCUT2D eigenvalue weighted by Crippen LogP contribution is 2.20. The van der Waals surface area contributed by atoms with E-state index in [0.29, 0.717) is 28.1 Å². The molecule has 140 valence electrons. The molecule has 1 N–H and O–H groups in total. The van der Waals surface area contributed by atoms with E-state index in [1.165, 1.54) is 11.8 Å². The molecule has 9 heteroatoms. The molecule has 0 saturated carbocycles. The van der Waals surface area contributed by atoms with Crippen LogP contribution in [-0.2, 0) is 11.3 Å². The van der Waals surface area contributed by atoms with Crippen LogP contribution in [0.15, 0.2) is 66.0 Å². The molecule has 4 rings (SSSR count). The monoisotopic (exact) mass is 410 g/mol. The number of fused-ring (bicyclic) bond motifs is 1. The van der Waals surface area contributed by atoms with Gasteiger partial charge >= 0.3 is 0 Å². The van der Waals surface area contributed by atoms with Gasteiger partial charge in [-0.2, -0.15) is 9.61 Å². The molecule has 3 heterocycles. The number of carbonyl (C=O) groups is 1. The molecule has 0 fully saturated rings. The van der Waals surface area contributed by atoms with Gasteiger partial charge in [-0.05, 0) is 35.9 Å². The van der Waals surface area contributed by atoms with Crippen LogP contribution in [0.1, 0.15) is 5.56 Å². The number of benzene rings is 1.